The van der Waals surface area contributed by atoms with Gasteiger partial charge in [0.25, 0.3) is 0 Å². The lowest BCUT2D eigenvalue weighted by molar-refractivity contribution is -0.115. The highest BCUT2D eigenvalue weighted by atomic mass is 79.9. The number of carbonyl (C=O) groups excluding carboxylic acids is 1. The molecular weight excluding hydrogens is 310 g/mol. The van der Waals surface area contributed by atoms with E-state index in [1.54, 1.807) is 10.9 Å². The van der Waals surface area contributed by atoms with Crippen molar-refractivity contribution < 1.29 is 4.79 Å². The molecule has 2 aromatic rings. The van der Waals surface area contributed by atoms with Crippen LogP contribution in [-0.4, -0.2) is 27.2 Å². The molecule has 19 heavy (non-hydrogen) atoms. The SMILES string of the molecule is Cn1cnnc1CNCC(=O)Nc1ccc(Br)cc1. The van der Waals surface area contributed by atoms with E-state index >= 15 is 0 Å². The van der Waals surface area contributed by atoms with Crippen molar-refractivity contribution in [2.75, 3.05) is 11.9 Å². The van der Waals surface area contributed by atoms with Crippen LogP contribution in [0.3, 0.4) is 0 Å². The van der Waals surface area contributed by atoms with Crippen LogP contribution in [-0.2, 0) is 18.4 Å². The van der Waals surface area contributed by atoms with Crippen molar-refractivity contribution in [1.29, 1.82) is 0 Å². The zero-order valence-electron chi connectivity index (χ0n) is 10.4. The fourth-order valence-corrected chi connectivity index (χ4v) is 1.76. The minimum Gasteiger partial charge on any atom is -0.325 e. The number of hydrogen-bond acceptors (Lipinski definition) is 4. The van der Waals surface area contributed by atoms with Crippen LogP contribution >= 0.6 is 15.9 Å². The third kappa shape index (κ3) is 4.15. The Morgan fingerprint density at radius 2 is 2.11 bits per heavy atom. The maximum Gasteiger partial charge on any atom is 0.238 e. The Hall–Kier alpha value is -1.73. The quantitative estimate of drug-likeness (QED) is 0.870. The first-order valence-corrected chi connectivity index (χ1v) is 6.53. The summed E-state index contributed by atoms with van der Waals surface area (Å²) < 4.78 is 2.78. The monoisotopic (exact) mass is 323 g/mol. The van der Waals surface area contributed by atoms with Crippen LogP contribution in [0.5, 0.6) is 0 Å². The maximum absolute atomic E-state index is 11.7. The van der Waals surface area contributed by atoms with Crippen LogP contribution in [0.4, 0.5) is 5.69 Å². The van der Waals surface area contributed by atoms with E-state index in [4.69, 9.17) is 0 Å². The molecule has 0 saturated carbocycles. The first-order valence-electron chi connectivity index (χ1n) is 5.74. The van der Waals surface area contributed by atoms with E-state index in [1.165, 1.54) is 0 Å². The summed E-state index contributed by atoms with van der Waals surface area (Å²) in [6.45, 7) is 0.729. The molecule has 0 radical (unpaired) electrons. The number of nitrogens with one attached hydrogen (secondary N) is 2. The van der Waals surface area contributed by atoms with E-state index in [-0.39, 0.29) is 12.5 Å². The minimum absolute atomic E-state index is 0.0931. The van der Waals surface area contributed by atoms with Crippen LogP contribution in [0.25, 0.3) is 0 Å². The molecule has 6 nitrogen and oxygen atoms in total. The van der Waals surface area contributed by atoms with Gasteiger partial charge in [-0.2, -0.15) is 0 Å². The predicted molar refractivity (Wildman–Crippen MR) is 75.5 cm³/mol. The number of aryl methyl sites for hydroxylation is 1. The number of anilines is 1. The average Bonchev–Trinajstić information content (AvgIpc) is 2.78. The van der Waals surface area contributed by atoms with Crippen molar-refractivity contribution in [3.8, 4) is 0 Å². The number of nitrogens with zero attached hydrogens (tertiary/aromatic N) is 3. The molecule has 0 unspecified atom stereocenters. The van der Waals surface area contributed by atoms with Gasteiger partial charge in [-0.05, 0) is 24.3 Å². The normalized spacial score (nSPS) is 10.4. The standard InChI is InChI=1S/C12H14BrN5O/c1-18-8-15-17-11(18)6-14-7-12(19)16-10-4-2-9(13)3-5-10/h2-5,8,14H,6-7H2,1H3,(H,16,19). The van der Waals surface area contributed by atoms with Crippen LogP contribution in [0.1, 0.15) is 5.82 Å². The lowest BCUT2D eigenvalue weighted by atomic mass is 10.3. The fourth-order valence-electron chi connectivity index (χ4n) is 1.49. The topological polar surface area (TPSA) is 71.8 Å². The number of halogens is 1. The van der Waals surface area contributed by atoms with E-state index < -0.39 is 0 Å². The highest BCUT2D eigenvalue weighted by Crippen LogP contribution is 2.13. The molecule has 7 heteroatoms. The summed E-state index contributed by atoms with van der Waals surface area (Å²) >= 11 is 3.34. The largest absolute Gasteiger partial charge is 0.325 e. The lowest BCUT2D eigenvalue weighted by Crippen LogP contribution is -2.28. The van der Waals surface area contributed by atoms with E-state index in [0.717, 1.165) is 16.0 Å². The highest BCUT2D eigenvalue weighted by molar-refractivity contribution is 9.10. The molecule has 1 aromatic heterocycles. The number of aromatic nitrogens is 3. The van der Waals surface area contributed by atoms with Crippen LogP contribution in [0.15, 0.2) is 35.1 Å². The summed E-state index contributed by atoms with van der Waals surface area (Å²) in [6.07, 6.45) is 1.62. The van der Waals surface area contributed by atoms with Crippen molar-refractivity contribution in [1.82, 2.24) is 20.1 Å². The Balaban J connectivity index is 1.76. The van der Waals surface area contributed by atoms with Crippen molar-refractivity contribution in [2.45, 2.75) is 6.54 Å². The van der Waals surface area contributed by atoms with Gasteiger partial charge >= 0.3 is 0 Å². The summed E-state index contributed by atoms with van der Waals surface area (Å²) in [6, 6.07) is 7.43. The smallest absolute Gasteiger partial charge is 0.238 e. The van der Waals surface area contributed by atoms with Crippen LogP contribution in [0.2, 0.25) is 0 Å². The molecule has 0 aliphatic heterocycles. The second-order valence-electron chi connectivity index (χ2n) is 4.02. The Kier molecular flexibility index (Phi) is 4.64. The van der Waals surface area contributed by atoms with Crippen molar-refractivity contribution in [3.05, 3.63) is 40.9 Å². The first-order chi connectivity index (χ1) is 9.15. The van der Waals surface area contributed by atoms with Gasteiger partial charge in [-0.1, -0.05) is 15.9 Å². The number of rotatable bonds is 5. The third-order valence-electron chi connectivity index (χ3n) is 2.50. The summed E-state index contributed by atoms with van der Waals surface area (Å²) in [5.74, 6) is 0.695. The summed E-state index contributed by atoms with van der Waals surface area (Å²) in [7, 11) is 1.86. The molecule has 0 spiro atoms. The Morgan fingerprint density at radius 3 is 2.74 bits per heavy atom. The molecule has 2 N–H and O–H groups in total. The van der Waals surface area contributed by atoms with E-state index in [9.17, 15) is 4.79 Å². The van der Waals surface area contributed by atoms with Gasteiger partial charge in [0.2, 0.25) is 5.91 Å². The molecule has 0 saturated heterocycles. The average molecular weight is 324 g/mol. The molecule has 1 amide bonds. The van der Waals surface area contributed by atoms with Gasteiger partial charge in [0, 0.05) is 17.2 Å². The molecule has 100 valence electrons. The predicted octanol–water partition coefficient (Wildman–Crippen LogP) is 1.31. The van der Waals surface area contributed by atoms with Gasteiger partial charge in [0.15, 0.2) is 0 Å². The Labute approximate surface area is 119 Å². The number of amides is 1. The molecule has 0 fully saturated rings. The first kappa shape index (κ1) is 13.7. The maximum atomic E-state index is 11.7. The molecule has 0 atom stereocenters. The molecule has 0 aliphatic carbocycles. The zero-order chi connectivity index (χ0) is 13.7. The lowest BCUT2D eigenvalue weighted by Gasteiger charge is -2.06. The fraction of sp³-hybridized carbons (Fsp3) is 0.250. The van der Waals surface area contributed by atoms with Gasteiger partial charge in [-0.3, -0.25) is 4.79 Å². The minimum atomic E-state index is -0.0931. The second-order valence-corrected chi connectivity index (χ2v) is 4.93. The van der Waals surface area contributed by atoms with E-state index in [1.807, 2.05) is 31.3 Å². The Bertz CT molecular complexity index is 552. The number of carbonyl (C=O) groups is 1. The highest BCUT2D eigenvalue weighted by Gasteiger charge is 2.04. The summed E-state index contributed by atoms with van der Waals surface area (Å²) in [4.78, 5) is 11.7. The second kappa shape index (κ2) is 6.44. The van der Waals surface area contributed by atoms with Gasteiger partial charge in [0.1, 0.15) is 12.2 Å². The number of hydrogen-bond donors (Lipinski definition) is 2. The molecule has 1 heterocycles. The molecule has 1 aromatic carbocycles. The zero-order valence-corrected chi connectivity index (χ0v) is 12.0. The van der Waals surface area contributed by atoms with Gasteiger partial charge < -0.3 is 15.2 Å². The Morgan fingerprint density at radius 1 is 1.37 bits per heavy atom. The molecule has 0 bridgehead atoms. The van der Waals surface area contributed by atoms with Gasteiger partial charge in [-0.15, -0.1) is 10.2 Å². The third-order valence-corrected chi connectivity index (χ3v) is 3.03. The van der Waals surface area contributed by atoms with Gasteiger partial charge in [0.05, 0.1) is 13.1 Å². The van der Waals surface area contributed by atoms with Crippen molar-refractivity contribution in [2.24, 2.45) is 7.05 Å². The van der Waals surface area contributed by atoms with Crippen LogP contribution < -0.4 is 10.6 Å². The van der Waals surface area contributed by atoms with Crippen molar-refractivity contribution >= 4 is 27.5 Å². The number of benzene rings is 1. The molecule has 2 rings (SSSR count). The van der Waals surface area contributed by atoms with E-state index in [2.05, 4.69) is 36.8 Å². The molecular formula is C12H14BrN5O. The van der Waals surface area contributed by atoms with Gasteiger partial charge in [-0.25, -0.2) is 0 Å². The van der Waals surface area contributed by atoms with Crippen molar-refractivity contribution in [3.63, 3.8) is 0 Å². The molecule has 0 aliphatic rings. The summed E-state index contributed by atoms with van der Waals surface area (Å²) in [5.41, 5.74) is 0.772. The summed E-state index contributed by atoms with van der Waals surface area (Å²) in [5, 5.41) is 13.5. The van der Waals surface area contributed by atoms with E-state index in [0.29, 0.717) is 6.54 Å². The van der Waals surface area contributed by atoms with Crippen LogP contribution in [0, 0.1) is 0 Å².